The Morgan fingerprint density at radius 3 is 2.59 bits per heavy atom. The molecule has 0 radical (unpaired) electrons. The van der Waals surface area contributed by atoms with Gasteiger partial charge in [0, 0.05) is 5.92 Å². The smallest absolute Gasteiger partial charge is 0.277 e. The fraction of sp³-hybridized carbons (Fsp3) is 0.571. The van der Waals surface area contributed by atoms with Crippen LogP contribution in [0.4, 0.5) is 0 Å². The summed E-state index contributed by atoms with van der Waals surface area (Å²) in [4.78, 5) is 20.5. The molecule has 3 aromatic heterocycles. The Hall–Kier alpha value is -2.37. The molecule has 1 aliphatic carbocycles. The SMILES string of the molecule is CCc1nc(C2CCC(C(C)(C)C)CC2)n2nc(-c3ccoc3)[nH]c(=O)c12. The second kappa shape index (κ2) is 6.66. The number of fused-ring (bicyclic) bond motifs is 1. The predicted molar refractivity (Wildman–Crippen MR) is 105 cm³/mol. The van der Waals surface area contributed by atoms with Crippen LogP contribution in [0.2, 0.25) is 0 Å². The van der Waals surface area contributed by atoms with Crippen molar-refractivity contribution < 1.29 is 4.42 Å². The highest BCUT2D eigenvalue weighted by Crippen LogP contribution is 2.43. The Kier molecular flexibility index (Phi) is 4.44. The summed E-state index contributed by atoms with van der Waals surface area (Å²) in [6.07, 6.45) is 8.48. The van der Waals surface area contributed by atoms with Gasteiger partial charge in [0.05, 0.1) is 17.5 Å². The summed E-state index contributed by atoms with van der Waals surface area (Å²) in [7, 11) is 0. The van der Waals surface area contributed by atoms with Crippen LogP contribution in [0, 0.1) is 11.3 Å². The highest BCUT2D eigenvalue weighted by Gasteiger charge is 2.32. The van der Waals surface area contributed by atoms with Crippen LogP contribution in [-0.4, -0.2) is 19.6 Å². The van der Waals surface area contributed by atoms with Gasteiger partial charge in [-0.05, 0) is 49.5 Å². The van der Waals surface area contributed by atoms with Gasteiger partial charge in [0.1, 0.15) is 12.1 Å². The zero-order valence-electron chi connectivity index (χ0n) is 16.6. The van der Waals surface area contributed by atoms with E-state index in [-0.39, 0.29) is 5.56 Å². The van der Waals surface area contributed by atoms with E-state index in [2.05, 4.69) is 25.8 Å². The summed E-state index contributed by atoms with van der Waals surface area (Å²) in [6.45, 7) is 9.02. The van der Waals surface area contributed by atoms with Crippen LogP contribution >= 0.6 is 0 Å². The summed E-state index contributed by atoms with van der Waals surface area (Å²) in [5, 5.41) is 4.73. The van der Waals surface area contributed by atoms with E-state index in [9.17, 15) is 4.79 Å². The fourth-order valence-corrected chi connectivity index (χ4v) is 4.35. The van der Waals surface area contributed by atoms with Gasteiger partial charge in [0.2, 0.25) is 0 Å². The standard InChI is InChI=1S/C21H28N4O2/c1-5-16-17-20(26)23-18(14-10-11-27-12-14)24-25(17)19(22-16)13-6-8-15(9-7-13)21(2,3)4/h10-13,15H,5-9H2,1-4H3,(H,23,24,26). The van der Waals surface area contributed by atoms with Crippen molar-refractivity contribution in [3.8, 4) is 11.4 Å². The lowest BCUT2D eigenvalue weighted by molar-refractivity contribution is 0.167. The van der Waals surface area contributed by atoms with Crippen LogP contribution in [0.3, 0.4) is 0 Å². The Morgan fingerprint density at radius 1 is 1.26 bits per heavy atom. The molecule has 0 spiro atoms. The number of nitrogens with zero attached hydrogens (tertiary/aromatic N) is 3. The number of furan rings is 1. The number of aromatic nitrogens is 4. The lowest BCUT2D eigenvalue weighted by Crippen LogP contribution is -2.26. The van der Waals surface area contributed by atoms with Crippen LogP contribution in [0.5, 0.6) is 0 Å². The lowest BCUT2D eigenvalue weighted by Gasteiger charge is -2.36. The van der Waals surface area contributed by atoms with Gasteiger partial charge in [-0.15, -0.1) is 5.10 Å². The second-order valence-electron chi connectivity index (χ2n) is 8.76. The number of hydrogen-bond donors (Lipinski definition) is 1. The Labute approximate surface area is 159 Å². The third kappa shape index (κ3) is 3.22. The number of hydrogen-bond acceptors (Lipinski definition) is 4. The van der Waals surface area contributed by atoms with Gasteiger partial charge in [-0.3, -0.25) is 4.79 Å². The quantitative estimate of drug-likeness (QED) is 0.735. The van der Waals surface area contributed by atoms with Crippen LogP contribution in [0.25, 0.3) is 16.9 Å². The highest BCUT2D eigenvalue weighted by molar-refractivity contribution is 5.57. The van der Waals surface area contributed by atoms with Crippen molar-refractivity contribution in [3.05, 3.63) is 40.5 Å². The van der Waals surface area contributed by atoms with Crippen molar-refractivity contribution in [1.82, 2.24) is 19.6 Å². The largest absolute Gasteiger partial charge is 0.472 e. The molecule has 0 saturated heterocycles. The molecule has 3 aromatic rings. The topological polar surface area (TPSA) is 76.2 Å². The average molecular weight is 368 g/mol. The van der Waals surface area contributed by atoms with Crippen molar-refractivity contribution in [1.29, 1.82) is 0 Å². The summed E-state index contributed by atoms with van der Waals surface area (Å²) < 4.78 is 6.94. The van der Waals surface area contributed by atoms with Crippen molar-refractivity contribution in [2.45, 2.75) is 65.7 Å². The van der Waals surface area contributed by atoms with Gasteiger partial charge in [0.15, 0.2) is 11.3 Å². The third-order valence-electron chi connectivity index (χ3n) is 6.05. The number of aryl methyl sites for hydroxylation is 1. The van der Waals surface area contributed by atoms with Gasteiger partial charge < -0.3 is 9.40 Å². The first kappa shape index (κ1) is 18.0. The van der Waals surface area contributed by atoms with Crippen LogP contribution in [0.1, 0.15) is 70.8 Å². The van der Waals surface area contributed by atoms with E-state index >= 15 is 0 Å². The van der Waals surface area contributed by atoms with Gasteiger partial charge in [0.25, 0.3) is 5.56 Å². The highest BCUT2D eigenvalue weighted by atomic mass is 16.3. The number of aromatic amines is 1. The fourth-order valence-electron chi connectivity index (χ4n) is 4.35. The van der Waals surface area contributed by atoms with E-state index in [1.807, 2.05) is 6.92 Å². The van der Waals surface area contributed by atoms with Crippen molar-refractivity contribution in [2.24, 2.45) is 11.3 Å². The number of rotatable bonds is 3. The molecule has 1 aliphatic rings. The minimum absolute atomic E-state index is 0.139. The molecule has 0 aliphatic heterocycles. The molecule has 1 fully saturated rings. The maximum absolute atomic E-state index is 12.8. The molecule has 0 bridgehead atoms. The minimum Gasteiger partial charge on any atom is -0.472 e. The molecule has 144 valence electrons. The number of nitrogens with one attached hydrogen (secondary N) is 1. The molecule has 6 nitrogen and oxygen atoms in total. The Balaban J connectivity index is 1.76. The molecule has 0 aromatic carbocycles. The zero-order valence-corrected chi connectivity index (χ0v) is 16.6. The maximum atomic E-state index is 12.8. The summed E-state index contributed by atoms with van der Waals surface area (Å²) in [5.74, 6) is 2.54. The molecule has 0 unspecified atom stereocenters. The first-order valence-corrected chi connectivity index (χ1v) is 9.93. The molecule has 27 heavy (non-hydrogen) atoms. The van der Waals surface area contributed by atoms with Gasteiger partial charge in [-0.25, -0.2) is 9.50 Å². The van der Waals surface area contributed by atoms with Crippen molar-refractivity contribution >= 4 is 5.52 Å². The lowest BCUT2D eigenvalue weighted by atomic mass is 9.70. The van der Waals surface area contributed by atoms with E-state index in [0.29, 0.717) is 22.7 Å². The Bertz CT molecular complexity index is 984. The molecular weight excluding hydrogens is 340 g/mol. The van der Waals surface area contributed by atoms with Crippen molar-refractivity contribution in [3.63, 3.8) is 0 Å². The van der Waals surface area contributed by atoms with E-state index < -0.39 is 0 Å². The van der Waals surface area contributed by atoms with Crippen LogP contribution in [0.15, 0.2) is 27.8 Å². The molecule has 0 amide bonds. The summed E-state index contributed by atoms with van der Waals surface area (Å²) >= 11 is 0. The molecule has 4 rings (SSSR count). The molecule has 6 heteroatoms. The molecular formula is C21H28N4O2. The normalized spacial score (nSPS) is 21.0. The Morgan fingerprint density at radius 2 is 2.00 bits per heavy atom. The van der Waals surface area contributed by atoms with Crippen molar-refractivity contribution in [2.75, 3.05) is 0 Å². The van der Waals surface area contributed by atoms with Crippen LogP contribution < -0.4 is 5.56 Å². The third-order valence-corrected chi connectivity index (χ3v) is 6.05. The zero-order chi connectivity index (χ0) is 19.2. The summed E-state index contributed by atoms with van der Waals surface area (Å²) in [5.41, 5.74) is 2.38. The van der Waals surface area contributed by atoms with Gasteiger partial charge in [-0.2, -0.15) is 0 Å². The predicted octanol–water partition coefficient (Wildman–Crippen LogP) is 4.56. The minimum atomic E-state index is -0.139. The van der Waals surface area contributed by atoms with E-state index in [4.69, 9.17) is 14.5 Å². The number of H-pyrrole nitrogens is 1. The van der Waals surface area contributed by atoms with E-state index in [0.717, 1.165) is 42.3 Å². The maximum Gasteiger partial charge on any atom is 0.277 e. The molecule has 3 heterocycles. The first-order chi connectivity index (χ1) is 12.9. The van der Waals surface area contributed by atoms with E-state index in [1.165, 1.54) is 12.8 Å². The van der Waals surface area contributed by atoms with Gasteiger partial charge >= 0.3 is 0 Å². The molecule has 0 atom stereocenters. The van der Waals surface area contributed by atoms with Crippen LogP contribution in [-0.2, 0) is 6.42 Å². The van der Waals surface area contributed by atoms with E-state index in [1.54, 1.807) is 23.1 Å². The second-order valence-corrected chi connectivity index (χ2v) is 8.76. The first-order valence-electron chi connectivity index (χ1n) is 9.93. The molecule has 1 saturated carbocycles. The average Bonchev–Trinajstić information content (AvgIpc) is 3.29. The molecule has 1 N–H and O–H groups in total. The summed E-state index contributed by atoms with van der Waals surface area (Å²) in [6, 6.07) is 1.80. The number of imidazole rings is 1. The monoisotopic (exact) mass is 368 g/mol. The van der Waals surface area contributed by atoms with Gasteiger partial charge in [-0.1, -0.05) is 27.7 Å².